The highest BCUT2D eigenvalue weighted by molar-refractivity contribution is 14.1. The molecule has 0 saturated carbocycles. The van der Waals surface area contributed by atoms with Crippen LogP contribution in [0.5, 0.6) is 11.5 Å². The molecule has 0 radical (unpaired) electrons. The van der Waals surface area contributed by atoms with Gasteiger partial charge in [-0.2, -0.15) is 0 Å². The minimum atomic E-state index is -0.462. The van der Waals surface area contributed by atoms with Gasteiger partial charge in [-0.25, -0.2) is 9.79 Å². The summed E-state index contributed by atoms with van der Waals surface area (Å²) in [6.07, 6.45) is 1.71. The SMILES string of the molecule is CCOc1cc(C=C2N=C(c3cccs3)OC2=O)cc(I)c1OCc1cccc(C)c1. The first-order valence-electron chi connectivity index (χ1n) is 9.74. The molecule has 0 unspecified atom stereocenters. The summed E-state index contributed by atoms with van der Waals surface area (Å²) in [5.74, 6) is 1.19. The molecule has 0 saturated heterocycles. The summed E-state index contributed by atoms with van der Waals surface area (Å²) >= 11 is 3.70. The second-order valence-electron chi connectivity index (χ2n) is 6.85. The van der Waals surface area contributed by atoms with Crippen molar-refractivity contribution in [3.05, 3.63) is 84.7 Å². The van der Waals surface area contributed by atoms with Gasteiger partial charge in [0.05, 0.1) is 15.1 Å². The Balaban J connectivity index is 1.61. The zero-order chi connectivity index (χ0) is 21.8. The van der Waals surface area contributed by atoms with E-state index in [1.54, 1.807) is 6.08 Å². The smallest absolute Gasteiger partial charge is 0.363 e. The van der Waals surface area contributed by atoms with E-state index in [0.29, 0.717) is 30.6 Å². The largest absolute Gasteiger partial charge is 0.490 e. The predicted molar refractivity (Wildman–Crippen MR) is 131 cm³/mol. The predicted octanol–water partition coefficient (Wildman–Crippen LogP) is 5.98. The number of halogens is 1. The van der Waals surface area contributed by atoms with Crippen molar-refractivity contribution in [3.8, 4) is 11.5 Å². The number of ether oxygens (including phenoxy) is 3. The van der Waals surface area contributed by atoms with Crippen LogP contribution in [-0.2, 0) is 16.1 Å². The number of hydrogen-bond acceptors (Lipinski definition) is 6. The summed E-state index contributed by atoms with van der Waals surface area (Å²) < 4.78 is 18.1. The van der Waals surface area contributed by atoms with E-state index < -0.39 is 5.97 Å². The molecule has 0 atom stereocenters. The molecule has 158 valence electrons. The maximum atomic E-state index is 12.3. The summed E-state index contributed by atoms with van der Waals surface area (Å²) in [6.45, 7) is 4.93. The number of thiophene rings is 1. The second-order valence-corrected chi connectivity index (χ2v) is 8.96. The molecule has 0 amide bonds. The molecule has 0 aliphatic carbocycles. The molecule has 5 nitrogen and oxygen atoms in total. The highest BCUT2D eigenvalue weighted by Crippen LogP contribution is 2.36. The van der Waals surface area contributed by atoms with Crippen LogP contribution in [0.2, 0.25) is 0 Å². The lowest BCUT2D eigenvalue weighted by Crippen LogP contribution is -2.04. The van der Waals surface area contributed by atoms with Gasteiger partial charge in [0.25, 0.3) is 0 Å². The first kappa shape index (κ1) is 21.6. The van der Waals surface area contributed by atoms with Gasteiger partial charge >= 0.3 is 5.97 Å². The van der Waals surface area contributed by atoms with Crippen LogP contribution in [0.4, 0.5) is 0 Å². The average Bonchev–Trinajstić information content (AvgIpc) is 3.38. The second kappa shape index (κ2) is 9.65. The summed E-state index contributed by atoms with van der Waals surface area (Å²) in [4.78, 5) is 17.5. The summed E-state index contributed by atoms with van der Waals surface area (Å²) in [5, 5.41) is 1.92. The minimum absolute atomic E-state index is 0.259. The molecule has 0 spiro atoms. The Bertz CT molecular complexity index is 1170. The lowest BCUT2D eigenvalue weighted by molar-refractivity contribution is -0.129. The number of rotatable bonds is 7. The maximum absolute atomic E-state index is 12.3. The van der Waals surface area contributed by atoms with E-state index in [4.69, 9.17) is 14.2 Å². The van der Waals surface area contributed by atoms with Gasteiger partial charge < -0.3 is 14.2 Å². The van der Waals surface area contributed by atoms with Crippen molar-refractivity contribution < 1.29 is 19.0 Å². The number of carbonyl (C=O) groups excluding carboxylic acids is 1. The monoisotopic (exact) mass is 545 g/mol. The van der Waals surface area contributed by atoms with Gasteiger partial charge in [0.1, 0.15) is 6.61 Å². The van der Waals surface area contributed by atoms with Crippen LogP contribution in [-0.4, -0.2) is 18.5 Å². The topological polar surface area (TPSA) is 57.1 Å². The Morgan fingerprint density at radius 1 is 1.16 bits per heavy atom. The maximum Gasteiger partial charge on any atom is 0.363 e. The van der Waals surface area contributed by atoms with Crippen LogP contribution in [0.15, 0.2) is 64.6 Å². The normalized spacial score (nSPS) is 14.5. The number of aliphatic imine (C=N–C) groups is 1. The fourth-order valence-corrected chi connectivity index (χ4v) is 4.53. The van der Waals surface area contributed by atoms with E-state index in [-0.39, 0.29) is 5.70 Å². The number of hydrogen-bond donors (Lipinski definition) is 0. The van der Waals surface area contributed by atoms with Crippen LogP contribution < -0.4 is 9.47 Å². The molecule has 0 N–H and O–H groups in total. The Morgan fingerprint density at radius 2 is 2.03 bits per heavy atom. The Morgan fingerprint density at radius 3 is 2.77 bits per heavy atom. The summed E-state index contributed by atoms with van der Waals surface area (Å²) in [7, 11) is 0. The van der Waals surface area contributed by atoms with Crippen molar-refractivity contribution in [2.45, 2.75) is 20.5 Å². The first-order chi connectivity index (χ1) is 15.0. The van der Waals surface area contributed by atoms with Crippen LogP contribution in [0, 0.1) is 10.5 Å². The van der Waals surface area contributed by atoms with E-state index in [1.807, 2.05) is 48.7 Å². The molecule has 1 aliphatic rings. The van der Waals surface area contributed by atoms with E-state index in [1.165, 1.54) is 16.9 Å². The summed E-state index contributed by atoms with van der Waals surface area (Å²) in [6, 6.07) is 15.8. The molecular formula is C24H20INO4S. The van der Waals surface area contributed by atoms with Gasteiger partial charge in [0.15, 0.2) is 17.2 Å². The van der Waals surface area contributed by atoms with Crippen molar-refractivity contribution in [1.29, 1.82) is 0 Å². The van der Waals surface area contributed by atoms with Gasteiger partial charge in [-0.1, -0.05) is 35.9 Å². The lowest BCUT2D eigenvalue weighted by Gasteiger charge is -2.15. The number of nitrogens with zero attached hydrogens (tertiary/aromatic N) is 1. The van der Waals surface area contributed by atoms with Gasteiger partial charge in [0, 0.05) is 0 Å². The molecule has 31 heavy (non-hydrogen) atoms. The molecule has 3 aromatic rings. The van der Waals surface area contributed by atoms with Crippen molar-refractivity contribution in [2.24, 2.45) is 4.99 Å². The van der Waals surface area contributed by atoms with E-state index in [2.05, 4.69) is 46.6 Å². The molecular weight excluding hydrogens is 525 g/mol. The quantitative estimate of drug-likeness (QED) is 0.208. The van der Waals surface area contributed by atoms with Gasteiger partial charge in [0.2, 0.25) is 5.90 Å². The lowest BCUT2D eigenvalue weighted by atomic mass is 10.1. The molecule has 2 aromatic carbocycles. The van der Waals surface area contributed by atoms with Crippen LogP contribution in [0.1, 0.15) is 28.5 Å². The third-order valence-corrected chi connectivity index (χ3v) is 6.11. The average molecular weight is 545 g/mol. The highest BCUT2D eigenvalue weighted by Gasteiger charge is 2.25. The molecule has 0 bridgehead atoms. The Labute approximate surface area is 198 Å². The van der Waals surface area contributed by atoms with E-state index in [0.717, 1.165) is 19.6 Å². The molecule has 7 heteroatoms. The fraction of sp³-hybridized carbons (Fsp3) is 0.167. The number of cyclic esters (lactones) is 1. The van der Waals surface area contributed by atoms with Crippen molar-refractivity contribution in [3.63, 3.8) is 0 Å². The zero-order valence-corrected chi connectivity index (χ0v) is 20.0. The highest BCUT2D eigenvalue weighted by atomic mass is 127. The molecule has 1 aliphatic heterocycles. The van der Waals surface area contributed by atoms with Gasteiger partial charge in [-0.15, -0.1) is 11.3 Å². The number of esters is 1. The number of aryl methyl sites for hydroxylation is 1. The fourth-order valence-electron chi connectivity index (χ4n) is 3.10. The standard InChI is InChI=1S/C24H20INO4S/c1-3-28-20-13-17(12-19-24(27)30-23(26-19)21-8-5-9-31-21)11-18(25)22(20)29-14-16-7-4-6-15(2)10-16/h4-13H,3,14H2,1-2H3. The van der Waals surface area contributed by atoms with Gasteiger partial charge in [-0.05, 0) is 77.2 Å². The Kier molecular flexibility index (Phi) is 6.72. The van der Waals surface area contributed by atoms with Crippen LogP contribution in [0.3, 0.4) is 0 Å². The third-order valence-electron chi connectivity index (χ3n) is 4.45. The van der Waals surface area contributed by atoms with Crippen LogP contribution >= 0.6 is 33.9 Å². The van der Waals surface area contributed by atoms with Crippen molar-refractivity contribution in [2.75, 3.05) is 6.61 Å². The number of carbonyl (C=O) groups is 1. The molecule has 4 rings (SSSR count). The van der Waals surface area contributed by atoms with Gasteiger partial charge in [-0.3, -0.25) is 0 Å². The number of benzene rings is 2. The van der Waals surface area contributed by atoms with E-state index >= 15 is 0 Å². The molecule has 1 aromatic heterocycles. The molecule has 2 heterocycles. The van der Waals surface area contributed by atoms with Crippen molar-refractivity contribution in [1.82, 2.24) is 0 Å². The van der Waals surface area contributed by atoms with E-state index in [9.17, 15) is 4.79 Å². The third kappa shape index (κ3) is 5.16. The van der Waals surface area contributed by atoms with Crippen LogP contribution in [0.25, 0.3) is 6.08 Å². The first-order valence-corrected chi connectivity index (χ1v) is 11.7. The Hall–Kier alpha value is -2.65. The molecule has 0 fully saturated rings. The zero-order valence-electron chi connectivity index (χ0n) is 17.1. The summed E-state index contributed by atoms with van der Waals surface area (Å²) in [5.41, 5.74) is 3.33. The minimum Gasteiger partial charge on any atom is -0.490 e. The van der Waals surface area contributed by atoms with Crippen molar-refractivity contribution >= 4 is 51.9 Å².